The Morgan fingerprint density at radius 3 is 2.31 bits per heavy atom. The smallest absolute Gasteiger partial charge is 0.230 e. The number of likely N-dealkylation sites (tertiary alicyclic amines) is 1. The molecule has 0 saturated carbocycles. The normalized spacial score (nSPS) is 21.6. The lowest BCUT2D eigenvalue weighted by molar-refractivity contribution is -0.138. The van der Waals surface area contributed by atoms with E-state index in [4.69, 9.17) is 0 Å². The largest absolute Gasteiger partial charge is 0.342 e. The van der Waals surface area contributed by atoms with Crippen LogP contribution in [0.3, 0.4) is 0 Å². The van der Waals surface area contributed by atoms with Gasteiger partial charge in [0, 0.05) is 49.9 Å². The van der Waals surface area contributed by atoms with Gasteiger partial charge in [0.1, 0.15) is 0 Å². The minimum absolute atomic E-state index is 0.00313. The maximum absolute atomic E-state index is 13.3. The van der Waals surface area contributed by atoms with E-state index in [0.29, 0.717) is 32.5 Å². The molecule has 1 atom stereocenters. The minimum atomic E-state index is -0.302. The molecule has 0 N–H and O–H groups in total. The van der Waals surface area contributed by atoms with Crippen molar-refractivity contribution in [2.24, 2.45) is 11.8 Å². The molecule has 3 heterocycles. The molecule has 1 unspecified atom stereocenters. The van der Waals surface area contributed by atoms with Crippen molar-refractivity contribution in [1.29, 1.82) is 0 Å². The van der Waals surface area contributed by atoms with Gasteiger partial charge in [-0.15, -0.1) is 0 Å². The molecule has 0 spiro atoms. The lowest BCUT2D eigenvalue weighted by Gasteiger charge is -2.37. The Morgan fingerprint density at radius 1 is 0.812 bits per heavy atom. The Morgan fingerprint density at radius 2 is 1.53 bits per heavy atom. The molecule has 2 saturated heterocycles. The molecule has 2 aromatic rings. The van der Waals surface area contributed by atoms with Crippen LogP contribution in [-0.2, 0) is 20.8 Å². The first-order valence-corrected chi connectivity index (χ1v) is 11.7. The van der Waals surface area contributed by atoms with Crippen LogP contribution in [0.15, 0.2) is 54.6 Å². The van der Waals surface area contributed by atoms with E-state index in [2.05, 4.69) is 6.07 Å². The summed E-state index contributed by atoms with van der Waals surface area (Å²) in [5.74, 6) is -0.106. The fraction of sp³-hybridized carbons (Fsp3) is 0.423. The van der Waals surface area contributed by atoms with E-state index in [9.17, 15) is 14.4 Å². The van der Waals surface area contributed by atoms with Gasteiger partial charge in [0.05, 0.1) is 5.92 Å². The number of hydrogen-bond donors (Lipinski definition) is 0. The van der Waals surface area contributed by atoms with Crippen molar-refractivity contribution in [3.63, 3.8) is 0 Å². The SMILES string of the molecule is O=C(C1CC(=O)N(c2ccccc2)C1)N1CCC(C(=O)N2CCCc3ccccc32)CC1. The summed E-state index contributed by atoms with van der Waals surface area (Å²) in [6.07, 6.45) is 3.65. The van der Waals surface area contributed by atoms with E-state index in [1.165, 1.54) is 5.56 Å². The molecule has 2 aromatic carbocycles. The number of hydrogen-bond acceptors (Lipinski definition) is 3. The van der Waals surface area contributed by atoms with Crippen molar-refractivity contribution < 1.29 is 14.4 Å². The van der Waals surface area contributed by atoms with Gasteiger partial charge >= 0.3 is 0 Å². The van der Waals surface area contributed by atoms with Gasteiger partial charge < -0.3 is 14.7 Å². The highest BCUT2D eigenvalue weighted by Crippen LogP contribution is 2.31. The number of benzene rings is 2. The highest BCUT2D eigenvalue weighted by atomic mass is 16.2. The Balaban J connectivity index is 1.19. The van der Waals surface area contributed by atoms with Gasteiger partial charge in [-0.25, -0.2) is 0 Å². The Kier molecular flexibility index (Phi) is 5.68. The van der Waals surface area contributed by atoms with Gasteiger partial charge in [-0.2, -0.15) is 0 Å². The number of amides is 3. The molecule has 0 radical (unpaired) electrons. The fourth-order valence-electron chi connectivity index (χ4n) is 5.32. The van der Waals surface area contributed by atoms with Crippen LogP contribution in [0, 0.1) is 11.8 Å². The van der Waals surface area contributed by atoms with Crippen molar-refractivity contribution in [3.8, 4) is 0 Å². The van der Waals surface area contributed by atoms with Crippen LogP contribution in [0.25, 0.3) is 0 Å². The summed E-state index contributed by atoms with van der Waals surface area (Å²) >= 11 is 0. The number of anilines is 2. The van der Waals surface area contributed by atoms with Gasteiger partial charge in [-0.1, -0.05) is 36.4 Å². The molecule has 2 fully saturated rings. The second kappa shape index (κ2) is 8.77. The van der Waals surface area contributed by atoms with Crippen LogP contribution >= 0.6 is 0 Å². The van der Waals surface area contributed by atoms with E-state index in [1.54, 1.807) is 4.90 Å². The molecule has 32 heavy (non-hydrogen) atoms. The number of rotatable bonds is 3. The number of nitrogens with zero attached hydrogens (tertiary/aromatic N) is 3. The Bertz CT molecular complexity index is 1010. The first kappa shape index (κ1) is 20.7. The number of fused-ring (bicyclic) bond motifs is 1. The standard InChI is InChI=1S/C26H29N3O3/c30-24-17-21(18-29(24)22-9-2-1-3-10-22)25(31)27-15-12-20(13-16-27)26(32)28-14-6-8-19-7-4-5-11-23(19)28/h1-5,7,9-11,20-21H,6,8,12-18H2. The number of carbonyl (C=O) groups is 3. The van der Waals surface area contributed by atoms with Gasteiger partial charge in [-0.3, -0.25) is 14.4 Å². The molecule has 166 valence electrons. The third-order valence-corrected chi connectivity index (χ3v) is 7.07. The van der Waals surface area contributed by atoms with Crippen LogP contribution in [0.1, 0.15) is 31.2 Å². The third-order valence-electron chi connectivity index (χ3n) is 7.07. The fourth-order valence-corrected chi connectivity index (χ4v) is 5.32. The monoisotopic (exact) mass is 431 g/mol. The zero-order valence-corrected chi connectivity index (χ0v) is 18.3. The average molecular weight is 432 g/mol. The number of aryl methyl sites for hydroxylation is 1. The van der Waals surface area contributed by atoms with Crippen LogP contribution in [0.2, 0.25) is 0 Å². The van der Waals surface area contributed by atoms with Crippen molar-refractivity contribution in [2.45, 2.75) is 32.1 Å². The van der Waals surface area contributed by atoms with Crippen molar-refractivity contribution >= 4 is 29.1 Å². The maximum Gasteiger partial charge on any atom is 0.230 e. The average Bonchev–Trinajstić information content (AvgIpc) is 3.25. The molecule has 0 bridgehead atoms. The topological polar surface area (TPSA) is 60.9 Å². The molecule has 0 aromatic heterocycles. The zero-order chi connectivity index (χ0) is 22.1. The summed E-state index contributed by atoms with van der Waals surface area (Å²) in [5, 5.41) is 0. The lowest BCUT2D eigenvalue weighted by atomic mass is 9.92. The molecule has 6 heteroatoms. The quantitative estimate of drug-likeness (QED) is 0.750. The van der Waals surface area contributed by atoms with Gasteiger partial charge in [0.15, 0.2) is 0 Å². The molecule has 0 aliphatic carbocycles. The summed E-state index contributed by atoms with van der Waals surface area (Å²) in [7, 11) is 0. The molecular weight excluding hydrogens is 402 g/mol. The van der Waals surface area contributed by atoms with E-state index in [0.717, 1.165) is 30.8 Å². The Labute approximate surface area is 188 Å². The van der Waals surface area contributed by atoms with E-state index < -0.39 is 0 Å². The van der Waals surface area contributed by atoms with Crippen LogP contribution in [0.4, 0.5) is 11.4 Å². The minimum Gasteiger partial charge on any atom is -0.342 e. The summed E-state index contributed by atoms with van der Waals surface area (Å²) < 4.78 is 0. The van der Waals surface area contributed by atoms with Gasteiger partial charge in [0.25, 0.3) is 0 Å². The molecule has 3 aliphatic heterocycles. The number of carbonyl (C=O) groups excluding carboxylic acids is 3. The van der Waals surface area contributed by atoms with Crippen LogP contribution in [0.5, 0.6) is 0 Å². The molecule has 3 amide bonds. The maximum atomic E-state index is 13.3. The summed E-state index contributed by atoms with van der Waals surface area (Å²) in [4.78, 5) is 44.4. The predicted octanol–water partition coefficient (Wildman–Crippen LogP) is 3.26. The molecule has 5 rings (SSSR count). The van der Waals surface area contributed by atoms with Gasteiger partial charge in [-0.05, 0) is 49.4 Å². The summed E-state index contributed by atoms with van der Waals surface area (Å²) in [6, 6.07) is 17.7. The van der Waals surface area contributed by atoms with Crippen molar-refractivity contribution in [3.05, 3.63) is 60.2 Å². The lowest BCUT2D eigenvalue weighted by Crippen LogP contribution is -2.47. The highest BCUT2D eigenvalue weighted by molar-refractivity contribution is 6.00. The van der Waals surface area contributed by atoms with E-state index in [1.807, 2.05) is 58.3 Å². The Hall–Kier alpha value is -3.15. The molecular formula is C26H29N3O3. The van der Waals surface area contributed by atoms with Crippen LogP contribution < -0.4 is 9.80 Å². The predicted molar refractivity (Wildman–Crippen MR) is 123 cm³/mol. The third kappa shape index (κ3) is 3.90. The van der Waals surface area contributed by atoms with E-state index in [-0.39, 0.29) is 36.0 Å². The number of para-hydroxylation sites is 2. The van der Waals surface area contributed by atoms with E-state index >= 15 is 0 Å². The second-order valence-electron chi connectivity index (χ2n) is 9.06. The van der Waals surface area contributed by atoms with Gasteiger partial charge in [0.2, 0.25) is 17.7 Å². The molecule has 3 aliphatic rings. The first-order valence-electron chi connectivity index (χ1n) is 11.7. The first-order chi connectivity index (χ1) is 15.6. The molecule has 6 nitrogen and oxygen atoms in total. The van der Waals surface area contributed by atoms with Crippen LogP contribution in [-0.4, -0.2) is 48.8 Å². The second-order valence-corrected chi connectivity index (χ2v) is 9.06. The summed E-state index contributed by atoms with van der Waals surface area (Å²) in [6.45, 7) is 2.38. The summed E-state index contributed by atoms with van der Waals surface area (Å²) in [5.41, 5.74) is 3.14. The highest BCUT2D eigenvalue weighted by Gasteiger charge is 2.39. The number of piperidine rings is 1. The van der Waals surface area contributed by atoms with Crippen molar-refractivity contribution in [2.75, 3.05) is 36.0 Å². The zero-order valence-electron chi connectivity index (χ0n) is 18.3. The van der Waals surface area contributed by atoms with Crippen molar-refractivity contribution in [1.82, 2.24) is 4.90 Å².